The molecule has 1 aliphatic heterocycles. The lowest BCUT2D eigenvalue weighted by Gasteiger charge is -2.21. The van der Waals surface area contributed by atoms with E-state index in [0.717, 1.165) is 38.6 Å². The molecular weight excluding hydrogens is 214 g/mol. The molecule has 1 heterocycles. The Kier molecular flexibility index (Phi) is 6.34. The third-order valence-corrected chi connectivity index (χ3v) is 3.45. The molecule has 0 unspecified atom stereocenters. The summed E-state index contributed by atoms with van der Waals surface area (Å²) in [6.45, 7) is 9.92. The van der Waals surface area contributed by atoms with Crippen LogP contribution in [0.5, 0.6) is 0 Å². The van der Waals surface area contributed by atoms with E-state index in [1.54, 1.807) is 0 Å². The zero-order valence-corrected chi connectivity index (χ0v) is 11.4. The van der Waals surface area contributed by atoms with Gasteiger partial charge in [0.2, 0.25) is 0 Å². The second-order valence-corrected chi connectivity index (χ2v) is 4.77. The lowest BCUT2D eigenvalue weighted by atomic mass is 10.0. The topological polar surface area (TPSA) is 47.9 Å². The lowest BCUT2D eigenvalue weighted by molar-refractivity contribution is 0.187. The number of nitrogens with zero attached hydrogens (tertiary/aromatic N) is 2. The number of guanidine groups is 1. The van der Waals surface area contributed by atoms with Gasteiger partial charge < -0.3 is 15.3 Å². The molecule has 0 radical (unpaired) electrons. The number of aliphatic hydroxyl groups is 1. The minimum Gasteiger partial charge on any atom is -0.391 e. The summed E-state index contributed by atoms with van der Waals surface area (Å²) < 4.78 is 0. The van der Waals surface area contributed by atoms with Gasteiger partial charge in [-0.1, -0.05) is 26.7 Å². The maximum atomic E-state index is 9.56. The smallest absolute Gasteiger partial charge is 0.194 e. The summed E-state index contributed by atoms with van der Waals surface area (Å²) >= 11 is 0. The molecule has 0 aromatic carbocycles. The van der Waals surface area contributed by atoms with Gasteiger partial charge in [-0.15, -0.1) is 0 Å². The molecule has 0 bridgehead atoms. The molecule has 0 spiro atoms. The zero-order chi connectivity index (χ0) is 12.7. The highest BCUT2D eigenvalue weighted by atomic mass is 16.3. The van der Waals surface area contributed by atoms with Gasteiger partial charge in [0, 0.05) is 26.2 Å². The zero-order valence-electron chi connectivity index (χ0n) is 11.4. The summed E-state index contributed by atoms with van der Waals surface area (Å²) in [5.41, 5.74) is 0. The van der Waals surface area contributed by atoms with Crippen LogP contribution in [-0.2, 0) is 0 Å². The van der Waals surface area contributed by atoms with Gasteiger partial charge in [-0.2, -0.15) is 0 Å². The van der Waals surface area contributed by atoms with Crippen LogP contribution in [0.3, 0.4) is 0 Å². The Morgan fingerprint density at radius 2 is 2.12 bits per heavy atom. The average molecular weight is 241 g/mol. The van der Waals surface area contributed by atoms with Crippen molar-refractivity contribution in [1.29, 1.82) is 0 Å². The maximum absolute atomic E-state index is 9.56. The molecule has 2 N–H and O–H groups in total. The first-order valence-corrected chi connectivity index (χ1v) is 6.92. The quantitative estimate of drug-likeness (QED) is 0.566. The van der Waals surface area contributed by atoms with Gasteiger partial charge in [-0.25, -0.2) is 0 Å². The van der Waals surface area contributed by atoms with E-state index in [1.165, 1.54) is 12.8 Å². The van der Waals surface area contributed by atoms with Crippen LogP contribution in [0.4, 0.5) is 0 Å². The average Bonchev–Trinajstić information content (AvgIpc) is 2.75. The minimum atomic E-state index is -0.188. The van der Waals surface area contributed by atoms with Crippen molar-refractivity contribution >= 4 is 5.96 Å². The van der Waals surface area contributed by atoms with Gasteiger partial charge in [-0.3, -0.25) is 4.99 Å². The summed E-state index contributed by atoms with van der Waals surface area (Å²) in [7, 11) is 0. The molecule has 0 aromatic rings. The first kappa shape index (κ1) is 14.3. The maximum Gasteiger partial charge on any atom is 0.194 e. The molecule has 0 saturated carbocycles. The van der Waals surface area contributed by atoms with Gasteiger partial charge in [0.05, 0.1) is 6.10 Å². The van der Waals surface area contributed by atoms with E-state index in [2.05, 4.69) is 31.0 Å². The predicted octanol–water partition coefficient (Wildman–Crippen LogP) is 1.45. The predicted molar refractivity (Wildman–Crippen MR) is 72.2 cm³/mol. The van der Waals surface area contributed by atoms with Crippen LogP contribution in [-0.4, -0.2) is 48.2 Å². The minimum absolute atomic E-state index is 0.188. The SMILES string of the molecule is CCNC(=NCC(CC)CC)N1CC[C@@H](O)C1. The first-order chi connectivity index (χ1) is 8.21. The summed E-state index contributed by atoms with van der Waals surface area (Å²) in [5.74, 6) is 1.65. The normalized spacial score (nSPS) is 21.4. The molecular formula is C13H27N3O. The van der Waals surface area contributed by atoms with Crippen LogP contribution >= 0.6 is 0 Å². The van der Waals surface area contributed by atoms with Crippen molar-refractivity contribution in [3.63, 3.8) is 0 Å². The third kappa shape index (κ3) is 4.54. The Morgan fingerprint density at radius 3 is 2.59 bits per heavy atom. The van der Waals surface area contributed by atoms with Crippen LogP contribution in [0, 0.1) is 5.92 Å². The van der Waals surface area contributed by atoms with Crippen molar-refractivity contribution in [2.24, 2.45) is 10.9 Å². The van der Waals surface area contributed by atoms with Crippen molar-refractivity contribution in [3.8, 4) is 0 Å². The van der Waals surface area contributed by atoms with E-state index in [1.807, 2.05) is 0 Å². The Hall–Kier alpha value is -0.770. The van der Waals surface area contributed by atoms with Crippen LogP contribution < -0.4 is 5.32 Å². The number of rotatable bonds is 5. The van der Waals surface area contributed by atoms with Crippen LogP contribution in [0.1, 0.15) is 40.0 Å². The third-order valence-electron chi connectivity index (χ3n) is 3.45. The Bertz CT molecular complexity index is 239. The molecule has 100 valence electrons. The number of aliphatic hydroxyl groups excluding tert-OH is 1. The number of nitrogens with one attached hydrogen (secondary N) is 1. The second-order valence-electron chi connectivity index (χ2n) is 4.77. The van der Waals surface area contributed by atoms with Crippen LogP contribution in [0.25, 0.3) is 0 Å². The largest absolute Gasteiger partial charge is 0.391 e. The van der Waals surface area contributed by atoms with E-state index >= 15 is 0 Å². The molecule has 0 aliphatic carbocycles. The summed E-state index contributed by atoms with van der Waals surface area (Å²) in [6, 6.07) is 0. The van der Waals surface area contributed by atoms with Crippen molar-refractivity contribution in [1.82, 2.24) is 10.2 Å². The fraction of sp³-hybridized carbons (Fsp3) is 0.923. The number of hydrogen-bond donors (Lipinski definition) is 2. The molecule has 1 atom stereocenters. The first-order valence-electron chi connectivity index (χ1n) is 6.92. The number of aliphatic imine (C=N–C) groups is 1. The van der Waals surface area contributed by atoms with Gasteiger partial charge >= 0.3 is 0 Å². The number of likely N-dealkylation sites (tertiary alicyclic amines) is 1. The van der Waals surface area contributed by atoms with Gasteiger partial charge in [-0.05, 0) is 19.3 Å². The monoisotopic (exact) mass is 241 g/mol. The van der Waals surface area contributed by atoms with Gasteiger partial charge in [0.1, 0.15) is 0 Å². The highest BCUT2D eigenvalue weighted by Crippen LogP contribution is 2.11. The summed E-state index contributed by atoms with van der Waals surface area (Å²) in [6.07, 6.45) is 3.03. The Labute approximate surface area is 105 Å². The molecule has 1 aliphatic rings. The molecule has 1 saturated heterocycles. The number of hydrogen-bond acceptors (Lipinski definition) is 2. The van der Waals surface area contributed by atoms with Crippen molar-refractivity contribution in [3.05, 3.63) is 0 Å². The fourth-order valence-electron chi connectivity index (χ4n) is 2.12. The lowest BCUT2D eigenvalue weighted by Crippen LogP contribution is -2.40. The van der Waals surface area contributed by atoms with E-state index in [-0.39, 0.29) is 6.10 Å². The highest BCUT2D eigenvalue weighted by molar-refractivity contribution is 5.80. The summed E-state index contributed by atoms with van der Waals surface area (Å²) in [5, 5.41) is 12.9. The Balaban J connectivity index is 2.54. The molecule has 0 amide bonds. The second kappa shape index (κ2) is 7.54. The highest BCUT2D eigenvalue weighted by Gasteiger charge is 2.22. The van der Waals surface area contributed by atoms with Crippen molar-refractivity contribution < 1.29 is 5.11 Å². The van der Waals surface area contributed by atoms with E-state index in [4.69, 9.17) is 4.99 Å². The van der Waals surface area contributed by atoms with E-state index < -0.39 is 0 Å². The molecule has 1 fully saturated rings. The van der Waals surface area contributed by atoms with Crippen molar-refractivity contribution in [2.45, 2.75) is 46.1 Å². The Morgan fingerprint density at radius 1 is 1.41 bits per heavy atom. The van der Waals surface area contributed by atoms with Crippen molar-refractivity contribution in [2.75, 3.05) is 26.2 Å². The van der Waals surface area contributed by atoms with E-state index in [9.17, 15) is 5.11 Å². The van der Waals surface area contributed by atoms with Gasteiger partial charge in [0.25, 0.3) is 0 Å². The molecule has 4 nitrogen and oxygen atoms in total. The fourth-order valence-corrected chi connectivity index (χ4v) is 2.12. The molecule has 0 aromatic heterocycles. The number of β-amino-alcohol motifs (C(OH)–C–C–N with tert-alkyl or cyclic N) is 1. The van der Waals surface area contributed by atoms with Crippen LogP contribution in [0.15, 0.2) is 4.99 Å². The molecule has 4 heteroatoms. The van der Waals surface area contributed by atoms with Crippen LogP contribution in [0.2, 0.25) is 0 Å². The molecule has 17 heavy (non-hydrogen) atoms. The summed E-state index contributed by atoms with van der Waals surface area (Å²) in [4.78, 5) is 6.86. The van der Waals surface area contributed by atoms with Gasteiger partial charge in [0.15, 0.2) is 5.96 Å². The van der Waals surface area contributed by atoms with E-state index in [0.29, 0.717) is 5.92 Å². The molecule has 1 rings (SSSR count). The standard InChI is InChI=1S/C13H27N3O/c1-4-11(5-2)9-15-13(14-6-3)16-8-7-12(17)10-16/h11-12,17H,4-10H2,1-3H3,(H,14,15)/t12-/m1/s1.